The lowest BCUT2D eigenvalue weighted by Crippen LogP contribution is -2.21. The Kier molecular flexibility index (Phi) is 3.67. The van der Waals surface area contributed by atoms with Gasteiger partial charge in [-0.25, -0.2) is 0 Å². The van der Waals surface area contributed by atoms with Crippen molar-refractivity contribution < 1.29 is 5.11 Å². The molecule has 3 N–H and O–H groups in total. The van der Waals surface area contributed by atoms with E-state index in [9.17, 15) is 0 Å². The number of benzene rings is 1. The summed E-state index contributed by atoms with van der Waals surface area (Å²) in [6.45, 7) is 2.47. The van der Waals surface area contributed by atoms with Gasteiger partial charge in [0, 0.05) is 36.6 Å². The van der Waals surface area contributed by atoms with Gasteiger partial charge in [-0.3, -0.25) is 0 Å². The fourth-order valence-corrected chi connectivity index (χ4v) is 2.35. The number of fused-ring (bicyclic) bond motifs is 1. The van der Waals surface area contributed by atoms with Crippen molar-refractivity contribution in [3.05, 3.63) is 23.8 Å². The summed E-state index contributed by atoms with van der Waals surface area (Å²) in [7, 11) is 0. The summed E-state index contributed by atoms with van der Waals surface area (Å²) in [4.78, 5) is 2.41. The molecule has 0 saturated heterocycles. The standard InChI is InChI=1S/C13H20N2O/c14-12-5-4-6-13-11(12)7-9-15(13)8-2-1-3-10-16/h4-6,16H,1-3,7-10,14H2. The molecule has 0 amide bonds. The van der Waals surface area contributed by atoms with Crippen LogP contribution in [0.2, 0.25) is 0 Å². The molecule has 0 aromatic heterocycles. The van der Waals surface area contributed by atoms with Gasteiger partial charge in [0.1, 0.15) is 0 Å². The highest BCUT2D eigenvalue weighted by Crippen LogP contribution is 2.32. The summed E-state index contributed by atoms with van der Waals surface area (Å²) in [5.41, 5.74) is 9.50. The van der Waals surface area contributed by atoms with Crippen LogP contribution in [0.25, 0.3) is 0 Å². The van der Waals surface area contributed by atoms with Gasteiger partial charge in [0.25, 0.3) is 0 Å². The van der Waals surface area contributed by atoms with E-state index >= 15 is 0 Å². The Labute approximate surface area is 96.9 Å². The SMILES string of the molecule is Nc1cccc2c1CCN2CCCCCO. The van der Waals surface area contributed by atoms with Crippen molar-refractivity contribution in [2.24, 2.45) is 0 Å². The molecule has 0 radical (unpaired) electrons. The number of rotatable bonds is 5. The molecule has 1 aliphatic heterocycles. The Hall–Kier alpha value is -1.22. The highest BCUT2D eigenvalue weighted by molar-refractivity contribution is 5.68. The minimum absolute atomic E-state index is 0.309. The van der Waals surface area contributed by atoms with Crippen LogP contribution in [0.15, 0.2) is 18.2 Å². The molecular formula is C13H20N2O. The van der Waals surface area contributed by atoms with Crippen LogP contribution in [-0.2, 0) is 6.42 Å². The first-order valence-electron chi connectivity index (χ1n) is 6.06. The van der Waals surface area contributed by atoms with Crippen molar-refractivity contribution in [3.8, 4) is 0 Å². The molecule has 2 rings (SSSR count). The van der Waals surface area contributed by atoms with Crippen molar-refractivity contribution in [3.63, 3.8) is 0 Å². The van der Waals surface area contributed by atoms with Crippen molar-refractivity contribution >= 4 is 11.4 Å². The number of hydrogen-bond donors (Lipinski definition) is 2. The van der Waals surface area contributed by atoms with E-state index in [2.05, 4.69) is 11.0 Å². The number of nitrogens with two attached hydrogens (primary N) is 1. The van der Waals surface area contributed by atoms with Crippen LogP contribution in [0.3, 0.4) is 0 Å². The smallest absolute Gasteiger partial charge is 0.0431 e. The summed E-state index contributed by atoms with van der Waals surface area (Å²) >= 11 is 0. The topological polar surface area (TPSA) is 49.5 Å². The third kappa shape index (κ3) is 2.30. The number of aliphatic hydroxyl groups is 1. The minimum Gasteiger partial charge on any atom is -0.398 e. The zero-order valence-electron chi connectivity index (χ0n) is 9.65. The summed E-state index contributed by atoms with van der Waals surface area (Å²) in [5.74, 6) is 0. The molecule has 0 bridgehead atoms. The quantitative estimate of drug-likeness (QED) is 0.587. The predicted molar refractivity (Wildman–Crippen MR) is 67.7 cm³/mol. The minimum atomic E-state index is 0.309. The van der Waals surface area contributed by atoms with E-state index < -0.39 is 0 Å². The summed E-state index contributed by atoms with van der Waals surface area (Å²) in [5, 5.41) is 8.72. The third-order valence-corrected chi connectivity index (χ3v) is 3.25. The van der Waals surface area contributed by atoms with Crippen molar-refractivity contribution in [2.45, 2.75) is 25.7 Å². The number of anilines is 2. The molecule has 1 aliphatic rings. The Morgan fingerprint density at radius 2 is 2.12 bits per heavy atom. The van der Waals surface area contributed by atoms with Gasteiger partial charge in [-0.1, -0.05) is 6.07 Å². The van der Waals surface area contributed by atoms with Crippen molar-refractivity contribution in [1.82, 2.24) is 0 Å². The maximum absolute atomic E-state index is 8.72. The average molecular weight is 220 g/mol. The Balaban J connectivity index is 1.93. The second kappa shape index (κ2) is 5.21. The molecule has 1 aromatic rings. The van der Waals surface area contributed by atoms with Gasteiger partial charge in [-0.2, -0.15) is 0 Å². The van der Waals surface area contributed by atoms with Crippen molar-refractivity contribution in [2.75, 3.05) is 30.3 Å². The van der Waals surface area contributed by atoms with Crippen LogP contribution < -0.4 is 10.6 Å². The number of nitrogen functional groups attached to an aromatic ring is 1. The van der Waals surface area contributed by atoms with E-state index in [-0.39, 0.29) is 0 Å². The first kappa shape index (κ1) is 11.3. The largest absolute Gasteiger partial charge is 0.398 e. The predicted octanol–water partition coefficient (Wildman–Crippen LogP) is 1.79. The first-order chi connectivity index (χ1) is 7.83. The molecule has 0 aliphatic carbocycles. The van der Waals surface area contributed by atoms with Crippen molar-refractivity contribution in [1.29, 1.82) is 0 Å². The molecule has 0 fully saturated rings. The van der Waals surface area contributed by atoms with E-state index in [4.69, 9.17) is 10.8 Å². The summed E-state index contributed by atoms with van der Waals surface area (Å²) in [6, 6.07) is 6.17. The Morgan fingerprint density at radius 1 is 1.25 bits per heavy atom. The lowest BCUT2D eigenvalue weighted by atomic mass is 10.1. The van der Waals surface area contributed by atoms with E-state index in [1.54, 1.807) is 0 Å². The van der Waals surface area contributed by atoms with Gasteiger partial charge in [-0.05, 0) is 37.8 Å². The lowest BCUT2D eigenvalue weighted by Gasteiger charge is -2.19. The molecule has 0 atom stereocenters. The molecule has 0 saturated carbocycles. The van der Waals surface area contributed by atoms with E-state index in [1.807, 2.05) is 12.1 Å². The monoisotopic (exact) mass is 220 g/mol. The highest BCUT2D eigenvalue weighted by Gasteiger charge is 2.19. The molecule has 0 spiro atoms. The van der Waals surface area contributed by atoms with Gasteiger partial charge in [0.15, 0.2) is 0 Å². The fourth-order valence-electron chi connectivity index (χ4n) is 2.35. The number of unbranched alkanes of at least 4 members (excludes halogenated alkanes) is 2. The van der Waals surface area contributed by atoms with Gasteiger partial charge in [0.05, 0.1) is 0 Å². The van der Waals surface area contributed by atoms with Crippen LogP contribution in [0.4, 0.5) is 11.4 Å². The molecule has 1 aromatic carbocycles. The normalized spacial score (nSPS) is 14.2. The Morgan fingerprint density at radius 3 is 2.94 bits per heavy atom. The third-order valence-electron chi connectivity index (χ3n) is 3.25. The lowest BCUT2D eigenvalue weighted by molar-refractivity contribution is 0.283. The number of aliphatic hydroxyl groups excluding tert-OH is 1. The fraction of sp³-hybridized carbons (Fsp3) is 0.538. The molecule has 0 unspecified atom stereocenters. The van der Waals surface area contributed by atoms with Crippen LogP contribution in [0.5, 0.6) is 0 Å². The first-order valence-corrected chi connectivity index (χ1v) is 6.06. The van der Waals surface area contributed by atoms with Gasteiger partial charge < -0.3 is 15.7 Å². The van der Waals surface area contributed by atoms with Crippen LogP contribution in [-0.4, -0.2) is 24.8 Å². The van der Waals surface area contributed by atoms with Gasteiger partial charge >= 0.3 is 0 Å². The van der Waals surface area contributed by atoms with Crippen LogP contribution in [0.1, 0.15) is 24.8 Å². The van der Waals surface area contributed by atoms with Crippen LogP contribution >= 0.6 is 0 Å². The molecule has 3 nitrogen and oxygen atoms in total. The zero-order valence-corrected chi connectivity index (χ0v) is 9.65. The van der Waals surface area contributed by atoms with E-state index in [0.717, 1.165) is 44.5 Å². The molecule has 1 heterocycles. The molecular weight excluding hydrogens is 200 g/mol. The second-order valence-corrected chi connectivity index (χ2v) is 4.37. The van der Waals surface area contributed by atoms with Gasteiger partial charge in [0.2, 0.25) is 0 Å². The van der Waals surface area contributed by atoms with Gasteiger partial charge in [-0.15, -0.1) is 0 Å². The summed E-state index contributed by atoms with van der Waals surface area (Å²) < 4.78 is 0. The van der Waals surface area contributed by atoms with E-state index in [0.29, 0.717) is 6.61 Å². The number of hydrogen-bond acceptors (Lipinski definition) is 3. The maximum Gasteiger partial charge on any atom is 0.0431 e. The van der Waals surface area contributed by atoms with Crippen LogP contribution in [0, 0.1) is 0 Å². The van der Waals surface area contributed by atoms with E-state index in [1.165, 1.54) is 11.3 Å². The summed E-state index contributed by atoms with van der Waals surface area (Å²) in [6.07, 6.45) is 4.24. The Bertz CT molecular complexity index is 352. The number of nitrogens with zero attached hydrogens (tertiary/aromatic N) is 1. The average Bonchev–Trinajstić information content (AvgIpc) is 2.70. The maximum atomic E-state index is 8.72. The molecule has 3 heteroatoms. The molecule has 88 valence electrons. The second-order valence-electron chi connectivity index (χ2n) is 4.37. The zero-order chi connectivity index (χ0) is 11.4. The molecule has 16 heavy (non-hydrogen) atoms. The highest BCUT2D eigenvalue weighted by atomic mass is 16.2.